The first-order valence-electron chi connectivity index (χ1n) is 8.05. The SMILES string of the molecule is CCCS(=O)(=O)Nc1cccc(NC(=O)C[C@@H]2CCC[C@H]2N)c1.Cl. The Bertz CT molecular complexity index is 652. The fourth-order valence-electron chi connectivity index (χ4n) is 2.93. The topological polar surface area (TPSA) is 101 Å². The Morgan fingerprint density at radius 2 is 2.00 bits per heavy atom. The maximum atomic E-state index is 12.1. The van der Waals surface area contributed by atoms with Crippen molar-refractivity contribution in [3.8, 4) is 0 Å². The predicted molar refractivity (Wildman–Crippen MR) is 100.0 cm³/mol. The molecule has 0 bridgehead atoms. The first-order valence-corrected chi connectivity index (χ1v) is 9.71. The zero-order chi connectivity index (χ0) is 16.9. The molecule has 0 unspecified atom stereocenters. The molecule has 2 rings (SSSR count). The third kappa shape index (κ3) is 6.30. The summed E-state index contributed by atoms with van der Waals surface area (Å²) in [7, 11) is -3.34. The number of anilines is 2. The van der Waals surface area contributed by atoms with E-state index in [1.165, 1.54) is 0 Å². The number of halogens is 1. The highest BCUT2D eigenvalue weighted by atomic mass is 35.5. The van der Waals surface area contributed by atoms with Crippen molar-refractivity contribution in [3.63, 3.8) is 0 Å². The Hall–Kier alpha value is -1.31. The van der Waals surface area contributed by atoms with E-state index < -0.39 is 10.0 Å². The van der Waals surface area contributed by atoms with Crippen LogP contribution >= 0.6 is 12.4 Å². The number of carbonyl (C=O) groups excluding carboxylic acids is 1. The van der Waals surface area contributed by atoms with Crippen LogP contribution in [0.15, 0.2) is 24.3 Å². The number of hydrogen-bond acceptors (Lipinski definition) is 4. The summed E-state index contributed by atoms with van der Waals surface area (Å²) in [5, 5.41) is 2.82. The molecule has 1 saturated carbocycles. The van der Waals surface area contributed by atoms with Crippen LogP contribution in [-0.4, -0.2) is 26.1 Å². The molecule has 1 fully saturated rings. The lowest BCUT2D eigenvalue weighted by atomic mass is 10.00. The van der Waals surface area contributed by atoms with Gasteiger partial charge >= 0.3 is 0 Å². The summed E-state index contributed by atoms with van der Waals surface area (Å²) in [6, 6.07) is 6.84. The van der Waals surface area contributed by atoms with Crippen LogP contribution in [0.4, 0.5) is 11.4 Å². The highest BCUT2D eigenvalue weighted by Crippen LogP contribution is 2.27. The summed E-state index contributed by atoms with van der Waals surface area (Å²) in [5.74, 6) is 0.227. The van der Waals surface area contributed by atoms with Gasteiger partial charge in [0.15, 0.2) is 0 Å². The molecule has 1 amide bonds. The molecule has 1 aromatic carbocycles. The lowest BCUT2D eigenvalue weighted by Crippen LogP contribution is -2.28. The van der Waals surface area contributed by atoms with Gasteiger partial charge in [0, 0.05) is 18.2 Å². The average Bonchev–Trinajstić information content (AvgIpc) is 2.83. The number of carbonyl (C=O) groups is 1. The molecule has 0 heterocycles. The first-order chi connectivity index (χ1) is 10.9. The van der Waals surface area contributed by atoms with Crippen LogP contribution in [0.2, 0.25) is 0 Å². The summed E-state index contributed by atoms with van der Waals surface area (Å²) in [4.78, 5) is 12.1. The average molecular weight is 376 g/mol. The Morgan fingerprint density at radius 3 is 2.62 bits per heavy atom. The molecule has 24 heavy (non-hydrogen) atoms. The Balaban J connectivity index is 0.00000288. The van der Waals surface area contributed by atoms with Gasteiger partial charge in [0.25, 0.3) is 0 Å². The van der Waals surface area contributed by atoms with Gasteiger partial charge in [-0.3, -0.25) is 9.52 Å². The van der Waals surface area contributed by atoms with Crippen LogP contribution in [0.25, 0.3) is 0 Å². The Morgan fingerprint density at radius 1 is 1.29 bits per heavy atom. The summed E-state index contributed by atoms with van der Waals surface area (Å²) < 4.78 is 26.1. The van der Waals surface area contributed by atoms with Crippen molar-refractivity contribution >= 4 is 39.7 Å². The number of nitrogens with one attached hydrogen (secondary N) is 2. The fourth-order valence-corrected chi connectivity index (χ4v) is 4.05. The van der Waals surface area contributed by atoms with Crippen LogP contribution in [0, 0.1) is 5.92 Å². The van der Waals surface area contributed by atoms with Crippen molar-refractivity contribution in [1.82, 2.24) is 0 Å². The predicted octanol–water partition coefficient (Wildman–Crippen LogP) is 2.72. The molecular weight excluding hydrogens is 350 g/mol. The second-order valence-electron chi connectivity index (χ2n) is 6.11. The zero-order valence-electron chi connectivity index (χ0n) is 13.8. The van der Waals surface area contributed by atoms with Crippen molar-refractivity contribution in [2.75, 3.05) is 15.8 Å². The van der Waals surface area contributed by atoms with E-state index in [0.29, 0.717) is 24.2 Å². The third-order valence-electron chi connectivity index (χ3n) is 4.06. The van der Waals surface area contributed by atoms with E-state index in [1.807, 2.05) is 6.92 Å². The largest absolute Gasteiger partial charge is 0.327 e. The monoisotopic (exact) mass is 375 g/mol. The summed E-state index contributed by atoms with van der Waals surface area (Å²) in [6.45, 7) is 1.81. The van der Waals surface area contributed by atoms with Crippen molar-refractivity contribution in [2.24, 2.45) is 11.7 Å². The number of sulfonamides is 1. The van der Waals surface area contributed by atoms with Gasteiger partial charge in [0.1, 0.15) is 0 Å². The van der Waals surface area contributed by atoms with E-state index in [4.69, 9.17) is 5.73 Å². The Kier molecular flexibility index (Phi) is 7.99. The highest BCUT2D eigenvalue weighted by molar-refractivity contribution is 7.92. The van der Waals surface area contributed by atoms with E-state index in [9.17, 15) is 13.2 Å². The molecule has 0 aromatic heterocycles. The minimum Gasteiger partial charge on any atom is -0.327 e. The van der Waals surface area contributed by atoms with Crippen LogP contribution in [0.5, 0.6) is 0 Å². The molecule has 8 heteroatoms. The lowest BCUT2D eigenvalue weighted by molar-refractivity contribution is -0.117. The van der Waals surface area contributed by atoms with Crippen molar-refractivity contribution in [1.29, 1.82) is 0 Å². The van der Waals surface area contributed by atoms with E-state index in [-0.39, 0.29) is 36.0 Å². The van der Waals surface area contributed by atoms with E-state index in [2.05, 4.69) is 10.0 Å². The van der Waals surface area contributed by atoms with Gasteiger partial charge in [0.2, 0.25) is 15.9 Å². The number of benzene rings is 1. The van der Waals surface area contributed by atoms with Crippen molar-refractivity contribution in [2.45, 2.75) is 45.1 Å². The second kappa shape index (κ2) is 9.25. The molecule has 4 N–H and O–H groups in total. The molecule has 1 aliphatic carbocycles. The lowest BCUT2D eigenvalue weighted by Gasteiger charge is -2.15. The maximum Gasteiger partial charge on any atom is 0.232 e. The number of hydrogen-bond donors (Lipinski definition) is 3. The number of nitrogens with two attached hydrogens (primary N) is 1. The summed E-state index contributed by atoms with van der Waals surface area (Å²) in [6.07, 6.45) is 4.01. The van der Waals surface area contributed by atoms with E-state index in [1.54, 1.807) is 24.3 Å². The molecule has 0 spiro atoms. The molecule has 1 aromatic rings. The highest BCUT2D eigenvalue weighted by Gasteiger charge is 2.26. The minimum absolute atomic E-state index is 0. The van der Waals surface area contributed by atoms with Gasteiger partial charge in [-0.15, -0.1) is 12.4 Å². The smallest absolute Gasteiger partial charge is 0.232 e. The minimum atomic E-state index is -3.34. The summed E-state index contributed by atoms with van der Waals surface area (Å²) >= 11 is 0. The molecular formula is C16H26ClN3O3S. The normalized spacial score (nSPS) is 20.2. The van der Waals surface area contributed by atoms with Crippen LogP contribution < -0.4 is 15.8 Å². The molecule has 136 valence electrons. The second-order valence-corrected chi connectivity index (χ2v) is 7.95. The van der Waals surface area contributed by atoms with Gasteiger partial charge in [-0.05, 0) is 43.4 Å². The number of rotatable bonds is 7. The van der Waals surface area contributed by atoms with Crippen LogP contribution in [0.1, 0.15) is 39.0 Å². The standard InChI is InChI=1S/C16H25N3O3S.ClH/c1-2-9-23(21,22)19-14-7-4-6-13(11-14)18-16(20)10-12-5-3-8-15(12)17;/h4,6-7,11-12,15,19H,2-3,5,8-10,17H2,1H3,(H,18,20);1H/t12-,15+;/m0./s1. The third-order valence-corrected chi connectivity index (χ3v) is 5.55. The number of amides is 1. The van der Waals surface area contributed by atoms with Gasteiger partial charge in [-0.25, -0.2) is 8.42 Å². The molecule has 1 aliphatic rings. The molecule has 0 saturated heterocycles. The van der Waals surface area contributed by atoms with Crippen LogP contribution in [-0.2, 0) is 14.8 Å². The van der Waals surface area contributed by atoms with Gasteiger partial charge < -0.3 is 11.1 Å². The maximum absolute atomic E-state index is 12.1. The molecule has 0 radical (unpaired) electrons. The molecule has 0 aliphatic heterocycles. The van der Waals surface area contributed by atoms with Crippen molar-refractivity contribution in [3.05, 3.63) is 24.3 Å². The van der Waals surface area contributed by atoms with Gasteiger partial charge in [0.05, 0.1) is 11.4 Å². The quantitative estimate of drug-likeness (QED) is 0.681. The van der Waals surface area contributed by atoms with E-state index >= 15 is 0 Å². The molecule has 2 atom stereocenters. The first kappa shape index (κ1) is 20.7. The fraction of sp³-hybridized carbons (Fsp3) is 0.562. The van der Waals surface area contributed by atoms with Gasteiger partial charge in [-0.2, -0.15) is 0 Å². The Labute approximate surface area is 150 Å². The summed E-state index contributed by atoms with van der Waals surface area (Å²) in [5.41, 5.74) is 7.02. The zero-order valence-corrected chi connectivity index (χ0v) is 15.5. The van der Waals surface area contributed by atoms with Gasteiger partial charge in [-0.1, -0.05) is 19.4 Å². The van der Waals surface area contributed by atoms with Crippen LogP contribution in [0.3, 0.4) is 0 Å². The van der Waals surface area contributed by atoms with Crippen molar-refractivity contribution < 1.29 is 13.2 Å². The molecule has 6 nitrogen and oxygen atoms in total. The van der Waals surface area contributed by atoms with E-state index in [0.717, 1.165) is 19.3 Å².